The summed E-state index contributed by atoms with van der Waals surface area (Å²) >= 11 is 0. The minimum Gasteiger partial charge on any atom is -0.355 e. The summed E-state index contributed by atoms with van der Waals surface area (Å²) < 4.78 is 0. The Labute approximate surface area is 116 Å². The molecule has 0 spiro atoms. The quantitative estimate of drug-likeness (QED) is 0.896. The number of piperidine rings is 1. The lowest BCUT2D eigenvalue weighted by molar-refractivity contribution is 0.257. The molecular weight excluding hydrogens is 238 g/mol. The Balaban J connectivity index is 2.17. The van der Waals surface area contributed by atoms with Crippen molar-refractivity contribution in [2.45, 2.75) is 32.7 Å². The molecule has 1 saturated heterocycles. The van der Waals surface area contributed by atoms with Gasteiger partial charge in [0.15, 0.2) is 0 Å². The average molecular weight is 263 g/mol. The van der Waals surface area contributed by atoms with Gasteiger partial charge in [-0.15, -0.1) is 0 Å². The second kappa shape index (κ2) is 6.19. The summed E-state index contributed by atoms with van der Waals surface area (Å²) in [5, 5.41) is 3.19. The number of nitrogens with one attached hydrogen (secondary N) is 1. The van der Waals surface area contributed by atoms with Crippen molar-refractivity contribution in [3.63, 3.8) is 0 Å². The lowest BCUT2D eigenvalue weighted by atomic mass is 10.0. The zero-order valence-electron chi connectivity index (χ0n) is 12.5. The highest BCUT2D eigenvalue weighted by molar-refractivity contribution is 5.49. The maximum absolute atomic E-state index is 4.66. The van der Waals surface area contributed by atoms with Crippen LogP contribution in [0.1, 0.15) is 25.3 Å². The number of aryl methyl sites for hydroxylation is 1. The molecule has 0 saturated carbocycles. The molecule has 5 nitrogen and oxygen atoms in total. The van der Waals surface area contributed by atoms with Crippen molar-refractivity contribution < 1.29 is 0 Å². The summed E-state index contributed by atoms with van der Waals surface area (Å²) in [5.41, 5.74) is 1.15. The molecule has 1 aromatic heterocycles. The molecule has 1 aliphatic rings. The molecule has 2 heterocycles. The molecule has 1 aromatic rings. The van der Waals surface area contributed by atoms with E-state index in [-0.39, 0.29) is 0 Å². The summed E-state index contributed by atoms with van der Waals surface area (Å²) in [7, 11) is 4.32. The first-order valence-corrected chi connectivity index (χ1v) is 7.10. The highest BCUT2D eigenvalue weighted by atomic mass is 15.3. The topological polar surface area (TPSA) is 44.3 Å². The van der Waals surface area contributed by atoms with E-state index in [9.17, 15) is 0 Å². The van der Waals surface area contributed by atoms with E-state index in [4.69, 9.17) is 0 Å². The molecule has 0 aromatic carbocycles. The molecule has 1 fully saturated rings. The monoisotopic (exact) mass is 263 g/mol. The van der Waals surface area contributed by atoms with Crippen molar-refractivity contribution in [2.24, 2.45) is 0 Å². The highest BCUT2D eigenvalue weighted by Crippen LogP contribution is 2.23. The zero-order valence-corrected chi connectivity index (χ0v) is 12.5. The Kier molecular flexibility index (Phi) is 4.58. The molecule has 19 heavy (non-hydrogen) atoms. The average Bonchev–Trinajstić information content (AvgIpc) is 2.41. The molecule has 0 amide bonds. The molecule has 2 rings (SSSR count). The van der Waals surface area contributed by atoms with E-state index in [1.807, 2.05) is 6.20 Å². The van der Waals surface area contributed by atoms with Gasteiger partial charge >= 0.3 is 0 Å². The van der Waals surface area contributed by atoms with Gasteiger partial charge in [-0.05, 0) is 40.8 Å². The molecule has 1 aliphatic heterocycles. The SMILES string of the molecule is CCNc1ncc(C)c(N2CCCC(N(C)C)C2)n1. The first-order chi connectivity index (χ1) is 9.11. The van der Waals surface area contributed by atoms with Crippen molar-refractivity contribution in [3.8, 4) is 0 Å². The largest absolute Gasteiger partial charge is 0.355 e. The van der Waals surface area contributed by atoms with Crippen LogP contribution in [0.2, 0.25) is 0 Å². The standard InChI is InChI=1S/C14H25N5/c1-5-15-14-16-9-11(2)13(17-14)19-8-6-7-12(10-19)18(3)4/h9,12H,5-8,10H2,1-4H3,(H,15,16,17). The van der Waals surface area contributed by atoms with Crippen LogP contribution in [0.3, 0.4) is 0 Å². The zero-order chi connectivity index (χ0) is 13.8. The lowest BCUT2D eigenvalue weighted by Crippen LogP contribution is -2.45. The van der Waals surface area contributed by atoms with Crippen LogP contribution in [0, 0.1) is 6.92 Å². The molecule has 1 unspecified atom stereocenters. The Morgan fingerprint density at radius 2 is 2.26 bits per heavy atom. The van der Waals surface area contributed by atoms with Gasteiger partial charge in [0.05, 0.1) is 0 Å². The predicted octanol–water partition coefficient (Wildman–Crippen LogP) is 1.75. The molecule has 0 radical (unpaired) electrons. The van der Waals surface area contributed by atoms with Crippen LogP contribution >= 0.6 is 0 Å². The van der Waals surface area contributed by atoms with Crippen LogP contribution < -0.4 is 10.2 Å². The van der Waals surface area contributed by atoms with Crippen LogP contribution in [0.15, 0.2) is 6.20 Å². The van der Waals surface area contributed by atoms with Crippen LogP contribution in [-0.4, -0.2) is 54.6 Å². The number of rotatable bonds is 4. The van der Waals surface area contributed by atoms with Gasteiger partial charge in [-0.2, -0.15) is 4.98 Å². The third-order valence-corrected chi connectivity index (χ3v) is 3.71. The first kappa shape index (κ1) is 14.1. The summed E-state index contributed by atoms with van der Waals surface area (Å²) in [6, 6.07) is 0.616. The van der Waals surface area contributed by atoms with Crippen molar-refractivity contribution in [2.75, 3.05) is 43.9 Å². The fraction of sp³-hybridized carbons (Fsp3) is 0.714. The van der Waals surface area contributed by atoms with Crippen LogP contribution in [0.25, 0.3) is 0 Å². The van der Waals surface area contributed by atoms with E-state index in [0.29, 0.717) is 6.04 Å². The maximum Gasteiger partial charge on any atom is 0.224 e. The Bertz CT molecular complexity index is 418. The van der Waals surface area contributed by atoms with Gasteiger partial charge in [-0.25, -0.2) is 4.98 Å². The smallest absolute Gasteiger partial charge is 0.224 e. The number of anilines is 2. The maximum atomic E-state index is 4.66. The van der Waals surface area contributed by atoms with Crippen molar-refractivity contribution in [1.29, 1.82) is 0 Å². The van der Waals surface area contributed by atoms with Gasteiger partial charge in [-0.3, -0.25) is 0 Å². The summed E-state index contributed by atoms with van der Waals surface area (Å²) in [6.45, 7) is 7.14. The van der Waals surface area contributed by atoms with Gasteiger partial charge in [0.1, 0.15) is 5.82 Å². The second-order valence-electron chi connectivity index (χ2n) is 5.44. The third-order valence-electron chi connectivity index (χ3n) is 3.71. The van der Waals surface area contributed by atoms with Gasteiger partial charge < -0.3 is 15.1 Å². The molecule has 1 atom stereocenters. The molecule has 0 bridgehead atoms. The Hall–Kier alpha value is -1.36. The molecule has 5 heteroatoms. The van der Waals surface area contributed by atoms with Crippen LogP contribution in [0.4, 0.5) is 11.8 Å². The van der Waals surface area contributed by atoms with Crippen molar-refractivity contribution in [1.82, 2.24) is 14.9 Å². The van der Waals surface area contributed by atoms with E-state index < -0.39 is 0 Å². The second-order valence-corrected chi connectivity index (χ2v) is 5.44. The molecule has 0 aliphatic carbocycles. The van der Waals surface area contributed by atoms with E-state index in [2.05, 4.69) is 53.0 Å². The Morgan fingerprint density at radius 1 is 1.47 bits per heavy atom. The number of likely N-dealkylation sites (N-methyl/N-ethyl adjacent to an activating group) is 1. The van der Waals surface area contributed by atoms with E-state index in [1.54, 1.807) is 0 Å². The van der Waals surface area contributed by atoms with Gasteiger partial charge in [-0.1, -0.05) is 0 Å². The van der Waals surface area contributed by atoms with Gasteiger partial charge in [0.2, 0.25) is 5.95 Å². The number of nitrogens with zero attached hydrogens (tertiary/aromatic N) is 4. The van der Waals surface area contributed by atoms with Crippen LogP contribution in [0.5, 0.6) is 0 Å². The van der Waals surface area contributed by atoms with E-state index in [1.165, 1.54) is 12.8 Å². The molecular formula is C14H25N5. The molecule has 106 valence electrons. The van der Waals surface area contributed by atoms with E-state index >= 15 is 0 Å². The predicted molar refractivity (Wildman–Crippen MR) is 79.9 cm³/mol. The minimum atomic E-state index is 0.616. The third kappa shape index (κ3) is 3.35. The lowest BCUT2D eigenvalue weighted by Gasteiger charge is -2.37. The fourth-order valence-corrected chi connectivity index (χ4v) is 2.57. The van der Waals surface area contributed by atoms with Gasteiger partial charge in [0, 0.05) is 37.4 Å². The van der Waals surface area contributed by atoms with Gasteiger partial charge in [0.25, 0.3) is 0 Å². The summed E-state index contributed by atoms with van der Waals surface area (Å²) in [4.78, 5) is 13.7. The Morgan fingerprint density at radius 3 is 2.95 bits per heavy atom. The van der Waals surface area contributed by atoms with E-state index in [0.717, 1.165) is 37.0 Å². The first-order valence-electron chi connectivity index (χ1n) is 7.10. The van der Waals surface area contributed by atoms with Crippen molar-refractivity contribution in [3.05, 3.63) is 11.8 Å². The number of hydrogen-bond acceptors (Lipinski definition) is 5. The van der Waals surface area contributed by atoms with Crippen molar-refractivity contribution >= 4 is 11.8 Å². The number of aromatic nitrogens is 2. The minimum absolute atomic E-state index is 0.616. The fourth-order valence-electron chi connectivity index (χ4n) is 2.57. The van der Waals surface area contributed by atoms with Crippen LogP contribution in [-0.2, 0) is 0 Å². The highest BCUT2D eigenvalue weighted by Gasteiger charge is 2.23. The number of hydrogen-bond donors (Lipinski definition) is 1. The summed E-state index contributed by atoms with van der Waals surface area (Å²) in [5.74, 6) is 1.81. The normalized spacial score (nSPS) is 19.8. The summed E-state index contributed by atoms with van der Waals surface area (Å²) in [6.07, 6.45) is 4.41. The molecule has 1 N–H and O–H groups in total.